The molecule has 644 valence electrons. The van der Waals surface area contributed by atoms with Crippen molar-refractivity contribution < 1.29 is 70.1 Å². The van der Waals surface area contributed by atoms with Gasteiger partial charge in [-0.15, -0.1) is 0 Å². The Hall–Kier alpha value is -8.37. The molecule has 13 aliphatic rings. The number of methoxy groups -OCH3 is 1. The van der Waals surface area contributed by atoms with Crippen LogP contribution < -0.4 is 10.3 Å². The van der Waals surface area contributed by atoms with Gasteiger partial charge in [-0.1, -0.05) is 103 Å². The van der Waals surface area contributed by atoms with E-state index in [9.17, 15) is 27.6 Å². The molecule has 0 bridgehead atoms. The summed E-state index contributed by atoms with van der Waals surface area (Å²) in [6, 6.07) is 20.4. The lowest BCUT2D eigenvalue weighted by molar-refractivity contribution is -0.244. The molecule has 122 heavy (non-hydrogen) atoms. The standard InChI is InChI=1S/C30H34FN3O3.C25H25ClFN3O2.C25H26FN3O3.C16H24O5/c1-18-23-11-10-22-26(29(23,2)13-14-30(18)35-16-17-36-30)33-27(34-28(22)37-19-6-3-4-7-19)21-12-15-32-25-20(21)8-5-9-24(25)31;1-14-18-7-6-17-21(24(18,2)9-10-25(14)31-12-13-32-25)29-23(30-22(17)26)16-8-11-28-20-15(16)4-3-5-19(20)27;1-14-18-7-6-17-21(24(18,2)9-10-25(14)31-12-13-32-25)28-22(29-23(17)30)16-8-11-27-20-15(16)4-3-5-19(20)26;1-10-12-5-4-11(14(18)19-3)13(17)15(12,2)6-7-16(10)20-8-9-21-16/h5,8-9,12,15,18-19,23H,3-4,6-7,10-11,13-14,16-17H2,1-2H3;3-5,8,11,14,18H,6-7,9-10,12-13H2,1-2H3;3-5,8,11,14,18H,6-7,9-10,12-13H2,1-2H3,(H,28,29,30);10-12H,4-9H2,1-3H3/t18-,23-,29-;2*14-,18-,24-;10-,11?,12-,15-/m1111/s1. The maximum atomic E-state index is 14.6. The average Bonchev–Trinajstić information content (AvgIpc) is 1.35. The number of pyridine rings is 3. The molecule has 0 radical (unpaired) electrons. The summed E-state index contributed by atoms with van der Waals surface area (Å²) in [5.41, 5.74) is 7.97. The molecule has 13 atom stereocenters. The number of hydrogen-bond acceptors (Lipinski definition) is 21. The summed E-state index contributed by atoms with van der Waals surface area (Å²) in [5.74, 6) is 0.450. The lowest BCUT2D eigenvalue weighted by Gasteiger charge is -2.54. The smallest absolute Gasteiger partial charge is 0.316 e. The predicted octanol–water partition coefficient (Wildman–Crippen LogP) is 17.7. The molecule has 9 aliphatic carbocycles. The van der Waals surface area contributed by atoms with E-state index in [1.165, 1.54) is 38.2 Å². The molecular weight excluding hydrogens is 1580 g/mol. The first-order chi connectivity index (χ1) is 58.8. The summed E-state index contributed by atoms with van der Waals surface area (Å²) in [7, 11) is 1.35. The number of esters is 1. The Bertz CT molecular complexity index is 5640. The number of carbonyl (C=O) groups is 2. The Morgan fingerprint density at radius 3 is 1.26 bits per heavy atom. The quantitative estimate of drug-likeness (QED) is 0.0921. The van der Waals surface area contributed by atoms with Gasteiger partial charge in [0.15, 0.2) is 40.6 Å². The number of Topliss-reactive ketones (excluding diaryl/α,β-unsaturated/α-hetero) is 1. The number of fused-ring (bicyclic) bond motifs is 13. The van der Waals surface area contributed by atoms with Crippen LogP contribution in [-0.4, -0.2) is 146 Å². The van der Waals surface area contributed by atoms with Crippen molar-refractivity contribution in [3.63, 3.8) is 0 Å². The van der Waals surface area contributed by atoms with Gasteiger partial charge in [-0.3, -0.25) is 29.3 Å². The summed E-state index contributed by atoms with van der Waals surface area (Å²) in [6.07, 6.45) is 22.9. The highest BCUT2D eigenvalue weighted by atomic mass is 35.5. The van der Waals surface area contributed by atoms with Crippen LogP contribution in [0.5, 0.6) is 5.88 Å². The molecule has 10 fully saturated rings. The molecule has 26 heteroatoms. The molecule has 22 nitrogen and oxygen atoms in total. The fraction of sp³-hybridized carbons (Fsp3) is 0.573. The van der Waals surface area contributed by atoms with E-state index in [1.807, 2.05) is 37.3 Å². The van der Waals surface area contributed by atoms with Gasteiger partial charge in [0.1, 0.15) is 57.0 Å². The maximum absolute atomic E-state index is 14.6. The second-order valence-electron chi connectivity index (χ2n) is 37.5. The Morgan fingerprint density at radius 1 is 0.443 bits per heavy atom. The number of nitrogens with zero attached hydrogens (tertiary/aromatic N) is 8. The Kier molecular flexibility index (Phi) is 21.8. The van der Waals surface area contributed by atoms with E-state index in [-0.39, 0.29) is 92.2 Å². The number of aromatic amines is 1. The molecule has 4 spiro atoms. The van der Waals surface area contributed by atoms with Crippen LogP contribution in [0.25, 0.3) is 66.9 Å². The predicted molar refractivity (Wildman–Crippen MR) is 450 cm³/mol. The van der Waals surface area contributed by atoms with Gasteiger partial charge in [0, 0.05) is 139 Å². The number of carbonyl (C=O) groups excluding carboxylic acids is 2. The van der Waals surface area contributed by atoms with Gasteiger partial charge < -0.3 is 52.4 Å². The lowest BCUT2D eigenvalue weighted by Crippen LogP contribution is -2.58. The van der Waals surface area contributed by atoms with Crippen molar-refractivity contribution >= 4 is 56.1 Å². The number of benzene rings is 3. The van der Waals surface area contributed by atoms with Crippen molar-refractivity contribution in [3.8, 4) is 40.0 Å². The van der Waals surface area contributed by atoms with Crippen LogP contribution in [0.2, 0.25) is 5.15 Å². The molecule has 10 heterocycles. The van der Waals surface area contributed by atoms with Crippen LogP contribution in [0.3, 0.4) is 0 Å². The zero-order valence-electron chi connectivity index (χ0n) is 71.1. The van der Waals surface area contributed by atoms with Crippen LogP contribution in [0.1, 0.15) is 198 Å². The van der Waals surface area contributed by atoms with Crippen LogP contribution >= 0.6 is 11.6 Å². The van der Waals surface area contributed by atoms with Gasteiger partial charge >= 0.3 is 5.97 Å². The minimum Gasteiger partial charge on any atom is -0.474 e. The molecule has 4 saturated heterocycles. The molecule has 4 aliphatic heterocycles. The number of ketones is 1. The maximum Gasteiger partial charge on any atom is 0.316 e. The SMILES string of the molecule is COC(=O)C1CC[C@@H]2[C@@H](C)C3(CC[C@@]2(C)C1=O)OCCO3.C[C@@H]1[C@H]2CCc3c(Cl)nc(-c4ccnc5c(F)cccc45)nc3[C@]2(C)CCC12OCCO2.C[C@@H]1[C@H]2CCc3c(OC4CCCC4)nc(-c4ccnc5c(F)cccc45)nc3[C@]2(C)CCC12OCCO2.C[C@@H]1[C@H]2CCc3c(nc(-c4ccnc5c(F)cccc45)[nH]c3=O)[C@]2(C)CCC12OCCO2. The van der Waals surface area contributed by atoms with E-state index >= 15 is 0 Å². The second-order valence-corrected chi connectivity index (χ2v) is 37.9. The number of halogens is 4. The third-order valence-electron chi connectivity index (χ3n) is 31.8. The number of H-pyrrole nitrogens is 1. The minimum absolute atomic E-state index is 0.0466. The minimum atomic E-state index is -0.595. The Balaban J connectivity index is 0.000000109. The molecule has 9 aromatic rings. The summed E-state index contributed by atoms with van der Waals surface area (Å²) >= 11 is 6.74. The molecule has 0 amide bonds. The van der Waals surface area contributed by atoms with Gasteiger partial charge in [0.2, 0.25) is 5.88 Å². The first-order valence-electron chi connectivity index (χ1n) is 44.4. The van der Waals surface area contributed by atoms with Gasteiger partial charge in [-0.2, -0.15) is 4.98 Å². The van der Waals surface area contributed by atoms with Crippen LogP contribution in [0, 0.1) is 76.1 Å². The molecule has 1 unspecified atom stereocenters. The third kappa shape index (κ3) is 13.6. The highest BCUT2D eigenvalue weighted by Gasteiger charge is 2.64. The van der Waals surface area contributed by atoms with Gasteiger partial charge in [0.05, 0.1) is 77.0 Å². The molecule has 1 N–H and O–H groups in total. The van der Waals surface area contributed by atoms with E-state index in [4.69, 9.17) is 78.9 Å². The summed E-state index contributed by atoms with van der Waals surface area (Å²) in [6.45, 7) is 23.0. The molecule has 6 saturated carbocycles. The second kappa shape index (κ2) is 31.9. The molecule has 6 aromatic heterocycles. The van der Waals surface area contributed by atoms with Gasteiger partial charge in [-0.25, -0.2) is 33.1 Å². The lowest BCUT2D eigenvalue weighted by atomic mass is 9.53. The topological polar surface area (TPSA) is 262 Å². The van der Waals surface area contributed by atoms with Crippen molar-refractivity contribution in [2.45, 2.75) is 229 Å². The summed E-state index contributed by atoms with van der Waals surface area (Å²) in [5, 5.41) is 2.53. The number of hydrogen-bond donors (Lipinski definition) is 1. The molecule has 22 rings (SSSR count). The van der Waals surface area contributed by atoms with E-state index in [0.29, 0.717) is 146 Å². The fourth-order valence-electron chi connectivity index (χ4n) is 25.1. The van der Waals surface area contributed by atoms with Gasteiger partial charge in [-0.05, 0) is 163 Å². The zero-order chi connectivity index (χ0) is 84.6. The van der Waals surface area contributed by atoms with Crippen LogP contribution in [-0.2, 0) is 87.7 Å². The molecular formula is C96H109ClF3N9O13. The number of ether oxygens (including phenoxy) is 10. The monoisotopic (exact) mass is 1690 g/mol. The van der Waals surface area contributed by atoms with E-state index in [0.717, 1.165) is 147 Å². The average molecular weight is 1690 g/mol. The Morgan fingerprint density at radius 2 is 0.820 bits per heavy atom. The van der Waals surface area contributed by atoms with E-state index in [1.54, 1.807) is 42.9 Å². The number of nitrogens with one attached hydrogen (secondary N) is 1. The van der Waals surface area contributed by atoms with Crippen LogP contribution in [0.15, 0.2) is 96.2 Å². The number of para-hydroxylation sites is 3. The summed E-state index contributed by atoms with van der Waals surface area (Å²) in [4.78, 5) is 78.6. The fourth-order valence-corrected chi connectivity index (χ4v) is 25.4. The van der Waals surface area contributed by atoms with E-state index < -0.39 is 34.5 Å². The normalized spacial score (nSPS) is 31.0. The summed E-state index contributed by atoms with van der Waals surface area (Å²) < 4.78 is 103. The first-order valence-corrected chi connectivity index (χ1v) is 44.8. The number of rotatable bonds is 6. The number of aromatic nitrogens is 9. The largest absolute Gasteiger partial charge is 0.474 e. The van der Waals surface area contributed by atoms with Crippen molar-refractivity contribution in [2.75, 3.05) is 60.0 Å². The first kappa shape index (κ1) is 83.2. The van der Waals surface area contributed by atoms with Crippen LogP contribution in [0.4, 0.5) is 13.2 Å². The highest BCUT2D eigenvalue weighted by molar-refractivity contribution is 6.30. The van der Waals surface area contributed by atoms with Crippen molar-refractivity contribution in [2.24, 2.45) is 58.7 Å². The van der Waals surface area contributed by atoms with Gasteiger partial charge in [0.25, 0.3) is 5.56 Å². The highest BCUT2D eigenvalue weighted by Crippen LogP contribution is 2.62. The van der Waals surface area contributed by atoms with Crippen molar-refractivity contribution in [1.29, 1.82) is 0 Å². The van der Waals surface area contributed by atoms with Crippen molar-refractivity contribution in [1.82, 2.24) is 44.9 Å². The molecule has 3 aromatic carbocycles. The van der Waals surface area contributed by atoms with Crippen molar-refractivity contribution in [3.05, 3.63) is 158 Å². The third-order valence-corrected chi connectivity index (χ3v) is 32.1. The Labute approximate surface area is 713 Å². The van der Waals surface area contributed by atoms with E-state index in [2.05, 4.69) is 73.4 Å². The zero-order valence-corrected chi connectivity index (χ0v) is 71.9.